The van der Waals surface area contributed by atoms with Crippen molar-refractivity contribution in [3.05, 3.63) is 105 Å². The van der Waals surface area contributed by atoms with E-state index in [1.54, 1.807) is 37.4 Å². The van der Waals surface area contributed by atoms with E-state index in [0.717, 1.165) is 22.5 Å². The molecule has 2 unspecified atom stereocenters. The van der Waals surface area contributed by atoms with Crippen molar-refractivity contribution >= 4 is 52.2 Å². The van der Waals surface area contributed by atoms with Crippen molar-refractivity contribution in [1.29, 1.82) is 0 Å². The number of thiazole rings is 1. The molecule has 40 heavy (non-hydrogen) atoms. The van der Waals surface area contributed by atoms with E-state index >= 15 is 0 Å². The second-order valence-corrected chi connectivity index (χ2v) is 11.8. The van der Waals surface area contributed by atoms with Gasteiger partial charge in [0.05, 0.1) is 23.7 Å². The number of nitrogens with zero attached hydrogens (tertiary/aromatic N) is 2. The zero-order valence-electron chi connectivity index (χ0n) is 21.7. The molecular formula is C30H25N3O5S2. The second kappa shape index (κ2) is 10.4. The van der Waals surface area contributed by atoms with E-state index in [2.05, 4.69) is 5.32 Å². The molecule has 3 aromatic carbocycles. The SMILES string of the molecule is COc1ccc(N2C(=O)C3Sc4c(sc(=O)n4CC(=O)Nc4cccc(C)c4)[C@H](c4ccccc4)C3C2=O)cc1. The highest BCUT2D eigenvalue weighted by Crippen LogP contribution is 2.53. The number of rotatable bonds is 6. The van der Waals surface area contributed by atoms with Crippen LogP contribution in [-0.4, -0.2) is 34.6 Å². The highest BCUT2D eigenvalue weighted by molar-refractivity contribution is 8.00. The van der Waals surface area contributed by atoms with Crippen molar-refractivity contribution in [2.24, 2.45) is 5.92 Å². The molecule has 1 N–H and O–H groups in total. The Labute approximate surface area is 238 Å². The maximum absolute atomic E-state index is 13.9. The summed E-state index contributed by atoms with van der Waals surface area (Å²) in [4.78, 5) is 55.6. The van der Waals surface area contributed by atoms with Crippen molar-refractivity contribution in [3.8, 4) is 5.75 Å². The van der Waals surface area contributed by atoms with Crippen LogP contribution < -0.4 is 19.8 Å². The smallest absolute Gasteiger partial charge is 0.308 e. The lowest BCUT2D eigenvalue weighted by molar-refractivity contribution is -0.122. The molecule has 0 saturated carbocycles. The zero-order chi connectivity index (χ0) is 28.0. The minimum atomic E-state index is -0.743. The fraction of sp³-hybridized carbons (Fsp3) is 0.200. The Kier molecular flexibility index (Phi) is 6.81. The molecule has 3 amide bonds. The monoisotopic (exact) mass is 571 g/mol. The first kappa shape index (κ1) is 26.1. The predicted octanol–water partition coefficient (Wildman–Crippen LogP) is 4.66. The first-order valence-electron chi connectivity index (χ1n) is 12.7. The largest absolute Gasteiger partial charge is 0.497 e. The average Bonchev–Trinajstić information content (AvgIpc) is 3.39. The fourth-order valence-corrected chi connectivity index (χ4v) is 8.10. The molecule has 4 aromatic rings. The highest BCUT2D eigenvalue weighted by Gasteiger charge is 2.56. The van der Waals surface area contributed by atoms with Crippen LogP contribution in [0.15, 0.2) is 88.7 Å². The van der Waals surface area contributed by atoms with Crippen LogP contribution in [0.3, 0.4) is 0 Å². The van der Waals surface area contributed by atoms with Crippen molar-refractivity contribution in [1.82, 2.24) is 4.57 Å². The van der Waals surface area contributed by atoms with Crippen LogP contribution in [0, 0.1) is 12.8 Å². The number of aromatic nitrogens is 1. The number of benzene rings is 3. The average molecular weight is 572 g/mol. The Morgan fingerprint density at radius 2 is 1.70 bits per heavy atom. The lowest BCUT2D eigenvalue weighted by Gasteiger charge is -2.30. The molecule has 1 fully saturated rings. The van der Waals surface area contributed by atoms with Crippen molar-refractivity contribution in [3.63, 3.8) is 0 Å². The van der Waals surface area contributed by atoms with Gasteiger partial charge < -0.3 is 10.1 Å². The summed E-state index contributed by atoms with van der Waals surface area (Å²) >= 11 is 2.23. The lowest BCUT2D eigenvalue weighted by atomic mass is 9.83. The van der Waals surface area contributed by atoms with Gasteiger partial charge in [-0.2, -0.15) is 0 Å². The lowest BCUT2D eigenvalue weighted by Crippen LogP contribution is -2.33. The number of hydrogen-bond acceptors (Lipinski definition) is 7. The second-order valence-electron chi connectivity index (χ2n) is 9.70. The van der Waals surface area contributed by atoms with E-state index in [1.165, 1.54) is 21.2 Å². The molecule has 2 aliphatic rings. The molecule has 8 nitrogen and oxygen atoms in total. The molecule has 0 radical (unpaired) electrons. The summed E-state index contributed by atoms with van der Waals surface area (Å²) in [7, 11) is 1.55. The number of thioether (sulfide) groups is 1. The number of carbonyl (C=O) groups excluding carboxylic acids is 3. The van der Waals surface area contributed by atoms with Gasteiger partial charge in [0.15, 0.2) is 0 Å². The summed E-state index contributed by atoms with van der Waals surface area (Å²) in [6.45, 7) is 1.73. The van der Waals surface area contributed by atoms with Crippen LogP contribution >= 0.6 is 23.1 Å². The number of carbonyl (C=O) groups is 3. The highest BCUT2D eigenvalue weighted by atomic mass is 32.2. The number of methoxy groups -OCH3 is 1. The molecule has 3 heterocycles. The third-order valence-electron chi connectivity index (χ3n) is 7.14. The maximum atomic E-state index is 13.9. The number of ether oxygens (including phenoxy) is 1. The standard InChI is InChI=1S/C30H25N3O5S2/c1-17-7-6-10-19(15-17)31-22(34)16-32-29-26(40-30(32)37)23(18-8-4-3-5-9-18)24-25(39-29)28(36)33(27(24)35)20-11-13-21(38-2)14-12-20/h3-15,23-25H,16H2,1-2H3,(H,31,34)/t23-,24?,25?/m1/s1. The van der Waals surface area contributed by atoms with Gasteiger partial charge in [0.25, 0.3) is 0 Å². The first-order chi connectivity index (χ1) is 19.4. The van der Waals surface area contributed by atoms with Crippen LogP contribution in [0.25, 0.3) is 0 Å². The van der Waals surface area contributed by atoms with Crippen LogP contribution in [0.2, 0.25) is 0 Å². The van der Waals surface area contributed by atoms with Gasteiger partial charge in [0.2, 0.25) is 17.7 Å². The van der Waals surface area contributed by atoms with Crippen molar-refractivity contribution in [2.45, 2.75) is 29.7 Å². The van der Waals surface area contributed by atoms with E-state index < -0.39 is 17.1 Å². The minimum Gasteiger partial charge on any atom is -0.497 e. The molecule has 3 atom stereocenters. The number of anilines is 2. The summed E-state index contributed by atoms with van der Waals surface area (Å²) in [5, 5.41) is 2.67. The number of aryl methyl sites for hydroxylation is 1. The van der Waals surface area contributed by atoms with Crippen LogP contribution in [-0.2, 0) is 20.9 Å². The minimum absolute atomic E-state index is 0.200. The predicted molar refractivity (Wildman–Crippen MR) is 155 cm³/mol. The summed E-state index contributed by atoms with van der Waals surface area (Å²) in [6.07, 6.45) is 0. The number of nitrogens with one attached hydrogen (secondary N) is 1. The third kappa shape index (κ3) is 4.52. The van der Waals surface area contributed by atoms with E-state index in [-0.39, 0.29) is 29.1 Å². The molecule has 0 spiro atoms. The molecule has 0 aliphatic carbocycles. The number of imide groups is 1. The molecule has 1 aromatic heterocycles. The number of amides is 3. The van der Waals surface area contributed by atoms with E-state index in [9.17, 15) is 19.2 Å². The Hall–Kier alpha value is -4.15. The molecule has 2 aliphatic heterocycles. The van der Waals surface area contributed by atoms with Gasteiger partial charge in [-0.05, 0) is 54.4 Å². The quantitative estimate of drug-likeness (QED) is 0.338. The summed E-state index contributed by atoms with van der Waals surface area (Å²) in [5.74, 6) is -1.57. The normalized spacial score (nSPS) is 19.8. The zero-order valence-corrected chi connectivity index (χ0v) is 23.3. The maximum Gasteiger partial charge on any atom is 0.308 e. The molecule has 10 heteroatoms. The Bertz CT molecular complexity index is 1680. The van der Waals surface area contributed by atoms with E-state index in [1.807, 2.05) is 55.5 Å². The fourth-order valence-electron chi connectivity index (χ4n) is 5.33. The topological polar surface area (TPSA) is 97.7 Å². The van der Waals surface area contributed by atoms with Gasteiger partial charge in [0, 0.05) is 16.5 Å². The first-order valence-corrected chi connectivity index (χ1v) is 14.4. The Morgan fingerprint density at radius 3 is 2.40 bits per heavy atom. The van der Waals surface area contributed by atoms with Gasteiger partial charge in [-0.3, -0.25) is 23.7 Å². The van der Waals surface area contributed by atoms with Crippen molar-refractivity contribution < 1.29 is 19.1 Å². The van der Waals surface area contributed by atoms with Gasteiger partial charge in [0.1, 0.15) is 17.5 Å². The van der Waals surface area contributed by atoms with Crippen LogP contribution in [0.4, 0.5) is 11.4 Å². The van der Waals surface area contributed by atoms with Crippen LogP contribution in [0.5, 0.6) is 5.75 Å². The van der Waals surface area contributed by atoms with Gasteiger partial charge in [-0.1, -0.05) is 65.6 Å². The summed E-state index contributed by atoms with van der Waals surface area (Å²) in [6, 6.07) is 23.7. The van der Waals surface area contributed by atoms with Crippen LogP contribution in [0.1, 0.15) is 21.9 Å². The van der Waals surface area contributed by atoms with Gasteiger partial charge in [-0.25, -0.2) is 4.90 Å². The summed E-state index contributed by atoms with van der Waals surface area (Å²) in [5.41, 5.74) is 2.95. The molecule has 202 valence electrons. The molecule has 0 bridgehead atoms. The number of hydrogen-bond donors (Lipinski definition) is 1. The molecule has 6 rings (SSSR count). The number of fused-ring (bicyclic) bond motifs is 2. The Balaban J connectivity index is 1.39. The summed E-state index contributed by atoms with van der Waals surface area (Å²) < 4.78 is 6.66. The molecular weight excluding hydrogens is 546 g/mol. The van der Waals surface area contributed by atoms with E-state index in [0.29, 0.717) is 27.0 Å². The molecule has 1 saturated heterocycles. The Morgan fingerprint density at radius 1 is 0.950 bits per heavy atom. The van der Waals surface area contributed by atoms with Crippen molar-refractivity contribution in [2.75, 3.05) is 17.3 Å². The van der Waals surface area contributed by atoms with Gasteiger partial charge >= 0.3 is 4.87 Å². The van der Waals surface area contributed by atoms with E-state index in [4.69, 9.17) is 4.74 Å². The third-order valence-corrected chi connectivity index (χ3v) is 9.75. The van der Waals surface area contributed by atoms with Gasteiger partial charge in [-0.15, -0.1) is 0 Å².